The monoisotopic (exact) mass is 216 g/mol. The van der Waals surface area contributed by atoms with Gasteiger partial charge in [-0.15, -0.1) is 0 Å². The summed E-state index contributed by atoms with van der Waals surface area (Å²) in [7, 11) is -2.50. The van der Waals surface area contributed by atoms with Gasteiger partial charge in [0.15, 0.2) is 0 Å². The van der Waals surface area contributed by atoms with Gasteiger partial charge in [-0.05, 0) is 11.6 Å². The lowest BCUT2D eigenvalue weighted by molar-refractivity contribution is 0.000727. The van der Waals surface area contributed by atoms with Crippen molar-refractivity contribution in [2.45, 2.75) is 20.8 Å². The number of rotatable bonds is 4. The van der Waals surface area contributed by atoms with E-state index in [9.17, 15) is 0 Å². The van der Waals surface area contributed by atoms with E-state index in [1.165, 1.54) is 0 Å². The van der Waals surface area contributed by atoms with Gasteiger partial charge in [0.05, 0.1) is 0 Å². The van der Waals surface area contributed by atoms with Crippen LogP contribution in [0.1, 0.15) is 20.8 Å². The van der Waals surface area contributed by atoms with Crippen molar-refractivity contribution in [2.75, 3.05) is 19.8 Å². The van der Waals surface area contributed by atoms with E-state index < -0.39 is 8.80 Å². The molecule has 0 aromatic rings. The molecule has 1 fully saturated rings. The normalized spacial score (nSPS) is 33.3. The first kappa shape index (κ1) is 11.9. The van der Waals surface area contributed by atoms with E-state index in [1.807, 2.05) is 0 Å². The van der Waals surface area contributed by atoms with E-state index in [4.69, 9.17) is 13.3 Å². The molecule has 0 N–H and O–H groups in total. The first-order chi connectivity index (χ1) is 6.58. The van der Waals surface area contributed by atoms with Gasteiger partial charge in [0.2, 0.25) is 0 Å². The van der Waals surface area contributed by atoms with E-state index in [2.05, 4.69) is 27.4 Å². The Morgan fingerprint density at radius 1 is 1.50 bits per heavy atom. The van der Waals surface area contributed by atoms with Crippen molar-refractivity contribution in [1.82, 2.24) is 0 Å². The molecule has 0 saturated carbocycles. The van der Waals surface area contributed by atoms with Gasteiger partial charge in [-0.1, -0.05) is 27.4 Å². The summed E-state index contributed by atoms with van der Waals surface area (Å²) in [6, 6.07) is 0. The lowest BCUT2D eigenvalue weighted by Gasteiger charge is -2.33. The lowest BCUT2D eigenvalue weighted by Crippen LogP contribution is -2.50. The van der Waals surface area contributed by atoms with E-state index >= 15 is 0 Å². The van der Waals surface area contributed by atoms with Crippen LogP contribution in [0, 0.1) is 11.8 Å². The predicted octanol–water partition coefficient (Wildman–Crippen LogP) is 2.01. The summed E-state index contributed by atoms with van der Waals surface area (Å²) in [6.45, 7) is 12.2. The molecule has 0 radical (unpaired) electrons. The minimum absolute atomic E-state index is 0.457. The molecule has 14 heavy (non-hydrogen) atoms. The first-order valence-electron chi connectivity index (χ1n) is 5.13. The molecule has 0 unspecified atom stereocenters. The van der Waals surface area contributed by atoms with Crippen LogP contribution in [0.4, 0.5) is 0 Å². The second-order valence-electron chi connectivity index (χ2n) is 4.24. The second kappa shape index (κ2) is 5.07. The topological polar surface area (TPSA) is 27.7 Å². The van der Waals surface area contributed by atoms with Gasteiger partial charge in [0.1, 0.15) is 0 Å². The zero-order valence-electron chi connectivity index (χ0n) is 9.29. The Bertz CT molecular complexity index is 186. The van der Waals surface area contributed by atoms with Crippen molar-refractivity contribution in [2.24, 2.45) is 11.8 Å². The largest absolute Gasteiger partial charge is 0.529 e. The van der Waals surface area contributed by atoms with Crippen LogP contribution < -0.4 is 0 Å². The maximum Gasteiger partial charge on any atom is 0.529 e. The third kappa shape index (κ3) is 3.20. The fourth-order valence-corrected chi connectivity index (χ4v) is 3.35. The summed E-state index contributed by atoms with van der Waals surface area (Å²) in [5.41, 5.74) is 1.72. The zero-order chi connectivity index (χ0) is 10.6. The van der Waals surface area contributed by atoms with Crippen LogP contribution in [0.3, 0.4) is 0 Å². The van der Waals surface area contributed by atoms with Crippen molar-refractivity contribution in [3.05, 3.63) is 12.3 Å². The van der Waals surface area contributed by atoms with Gasteiger partial charge < -0.3 is 13.3 Å². The Labute approximate surface area is 87.4 Å². The van der Waals surface area contributed by atoms with Crippen LogP contribution in [0.25, 0.3) is 0 Å². The fraction of sp³-hybridized carbons (Fsp3) is 0.800. The van der Waals surface area contributed by atoms with Gasteiger partial charge in [0.25, 0.3) is 0 Å². The van der Waals surface area contributed by atoms with Crippen LogP contribution >= 0.6 is 0 Å². The molecule has 1 heterocycles. The molecule has 1 aliphatic rings. The van der Waals surface area contributed by atoms with Crippen LogP contribution in [-0.2, 0) is 13.3 Å². The maximum absolute atomic E-state index is 5.71. The van der Waals surface area contributed by atoms with E-state index in [0.29, 0.717) is 18.4 Å². The minimum Gasteiger partial charge on any atom is -0.370 e. The van der Waals surface area contributed by atoms with Crippen LogP contribution in [0.5, 0.6) is 0 Å². The van der Waals surface area contributed by atoms with Crippen LogP contribution in [-0.4, -0.2) is 28.6 Å². The highest BCUT2D eigenvalue weighted by Crippen LogP contribution is 2.20. The molecule has 0 spiro atoms. The highest BCUT2D eigenvalue weighted by atomic mass is 28.4. The Hall–Kier alpha value is -0.163. The third-order valence-corrected chi connectivity index (χ3v) is 4.21. The second-order valence-corrected chi connectivity index (χ2v) is 6.72. The molecule has 3 nitrogen and oxygen atoms in total. The minimum atomic E-state index is -2.50. The van der Waals surface area contributed by atoms with E-state index in [1.54, 1.807) is 5.70 Å². The highest BCUT2D eigenvalue weighted by Gasteiger charge is 2.41. The Balaban J connectivity index is 2.45. The first-order valence-corrected chi connectivity index (χ1v) is 6.93. The van der Waals surface area contributed by atoms with Crippen molar-refractivity contribution in [3.8, 4) is 0 Å². The molecule has 82 valence electrons. The zero-order valence-corrected chi connectivity index (χ0v) is 10.3. The molecular weight excluding hydrogens is 196 g/mol. The molecule has 0 aromatic carbocycles. The van der Waals surface area contributed by atoms with Gasteiger partial charge in [0, 0.05) is 25.7 Å². The number of hydrogen-bond donors (Lipinski definition) is 0. The quantitative estimate of drug-likeness (QED) is 0.673. The summed E-state index contributed by atoms with van der Waals surface area (Å²) in [4.78, 5) is 0. The van der Waals surface area contributed by atoms with E-state index in [-0.39, 0.29) is 0 Å². The molecule has 4 heteroatoms. The van der Waals surface area contributed by atoms with Gasteiger partial charge in [-0.2, -0.15) is 0 Å². The molecule has 1 aliphatic heterocycles. The fourth-order valence-electron chi connectivity index (χ4n) is 1.15. The average molecular weight is 216 g/mol. The van der Waals surface area contributed by atoms with Gasteiger partial charge in [-0.25, -0.2) is 0 Å². The van der Waals surface area contributed by atoms with Crippen molar-refractivity contribution in [1.29, 1.82) is 0 Å². The molecule has 0 aliphatic carbocycles. The summed E-state index contributed by atoms with van der Waals surface area (Å²) in [6.07, 6.45) is 0. The van der Waals surface area contributed by atoms with Crippen molar-refractivity contribution < 1.29 is 13.3 Å². The molecule has 1 rings (SSSR count). The Morgan fingerprint density at radius 3 is 2.50 bits per heavy atom. The lowest BCUT2D eigenvalue weighted by atomic mass is 10.2. The third-order valence-electron chi connectivity index (χ3n) is 2.01. The van der Waals surface area contributed by atoms with Crippen molar-refractivity contribution >= 4 is 8.80 Å². The number of hydrogen-bond acceptors (Lipinski definition) is 3. The highest BCUT2D eigenvalue weighted by molar-refractivity contribution is 6.66. The van der Waals surface area contributed by atoms with Gasteiger partial charge >= 0.3 is 8.80 Å². The Kier molecular flexibility index (Phi) is 4.31. The smallest absolute Gasteiger partial charge is 0.370 e. The summed E-state index contributed by atoms with van der Waals surface area (Å²) in [5, 5.41) is 0. The van der Waals surface area contributed by atoms with Crippen LogP contribution in [0.2, 0.25) is 0 Å². The molecule has 0 amide bonds. The SMILES string of the molecule is C=C[Si]1(OCC(C)C)OCC(C)CO1. The molecule has 0 atom stereocenters. The van der Waals surface area contributed by atoms with Crippen molar-refractivity contribution in [3.63, 3.8) is 0 Å². The molecule has 0 aromatic heterocycles. The molecular formula is C10H20O3Si. The Morgan fingerprint density at radius 2 is 2.07 bits per heavy atom. The standard InChI is InChI=1S/C10H20O3Si/c1-5-14(11-6-9(2)3)12-7-10(4)8-13-14/h5,9-10H,1,6-8H2,2-4H3. The summed E-state index contributed by atoms with van der Waals surface area (Å²) >= 11 is 0. The maximum atomic E-state index is 5.71. The summed E-state index contributed by atoms with van der Waals surface area (Å²) in [5.74, 6) is 0.948. The molecule has 1 saturated heterocycles. The predicted molar refractivity (Wildman–Crippen MR) is 57.8 cm³/mol. The average Bonchev–Trinajstić information content (AvgIpc) is 2.18. The molecule has 0 bridgehead atoms. The van der Waals surface area contributed by atoms with Crippen LogP contribution in [0.15, 0.2) is 12.3 Å². The van der Waals surface area contributed by atoms with Gasteiger partial charge in [-0.3, -0.25) is 0 Å². The summed E-state index contributed by atoms with van der Waals surface area (Å²) < 4.78 is 17.0. The van der Waals surface area contributed by atoms with E-state index in [0.717, 1.165) is 13.2 Å².